The Bertz CT molecular complexity index is 382. The van der Waals surface area contributed by atoms with E-state index in [4.69, 9.17) is 11.5 Å². The molecule has 5 heteroatoms. The van der Waals surface area contributed by atoms with Gasteiger partial charge in [0.05, 0.1) is 11.3 Å². The van der Waals surface area contributed by atoms with Crippen LogP contribution in [0.1, 0.15) is 15.2 Å². The summed E-state index contributed by atoms with van der Waals surface area (Å²) in [6.07, 6.45) is 5.12. The van der Waals surface area contributed by atoms with Crippen LogP contribution in [0.25, 0.3) is 0 Å². The largest absolute Gasteiger partial charge is 0.478 e. The Hall–Kier alpha value is -0.960. The van der Waals surface area contributed by atoms with Crippen LogP contribution in [0.5, 0.6) is 0 Å². The number of carboxylic acid groups (broad SMARTS) is 1. The van der Waals surface area contributed by atoms with Crippen LogP contribution in [0.3, 0.4) is 0 Å². The smallest absolute Gasteiger partial charge is 0.336 e. The Morgan fingerprint density at radius 1 is 1.69 bits per heavy atom. The normalized spacial score (nSPS) is 9.94. The van der Waals surface area contributed by atoms with Crippen molar-refractivity contribution in [2.45, 2.75) is 6.54 Å². The van der Waals surface area contributed by atoms with Crippen molar-refractivity contribution in [3.8, 4) is 12.3 Å². The fourth-order valence-electron chi connectivity index (χ4n) is 1.07. The van der Waals surface area contributed by atoms with Crippen molar-refractivity contribution in [3.63, 3.8) is 0 Å². The van der Waals surface area contributed by atoms with Crippen LogP contribution in [0.2, 0.25) is 0 Å². The number of thioether (sulfide) groups is 1. The van der Waals surface area contributed by atoms with Gasteiger partial charge in [-0.15, -0.1) is 29.5 Å². The van der Waals surface area contributed by atoms with Crippen LogP contribution in [0.4, 0.5) is 0 Å². The summed E-state index contributed by atoms with van der Waals surface area (Å²) in [5.74, 6) is 3.41. The highest BCUT2D eigenvalue weighted by Crippen LogP contribution is 2.14. The third-order valence-corrected chi connectivity index (χ3v) is 3.61. The molecule has 0 saturated carbocycles. The highest BCUT2D eigenvalue weighted by molar-refractivity contribution is 7.99. The van der Waals surface area contributed by atoms with Crippen molar-refractivity contribution in [2.75, 3.05) is 18.1 Å². The van der Waals surface area contributed by atoms with Crippen LogP contribution in [0.15, 0.2) is 11.4 Å². The highest BCUT2D eigenvalue weighted by Gasteiger charge is 2.05. The lowest BCUT2D eigenvalue weighted by molar-refractivity contribution is 0.0697. The Kier molecular flexibility index (Phi) is 6.01. The molecule has 0 aliphatic rings. The molecule has 0 amide bonds. The fraction of sp³-hybridized carbons (Fsp3) is 0.364. The lowest BCUT2D eigenvalue weighted by Gasteiger charge is -2.00. The topological polar surface area (TPSA) is 49.3 Å². The molecule has 1 heterocycles. The molecular weight excluding hydrogens is 242 g/mol. The van der Waals surface area contributed by atoms with Gasteiger partial charge in [0, 0.05) is 29.1 Å². The molecule has 0 unspecified atom stereocenters. The predicted molar refractivity (Wildman–Crippen MR) is 69.1 cm³/mol. The molecule has 0 radical (unpaired) electrons. The van der Waals surface area contributed by atoms with E-state index in [-0.39, 0.29) is 0 Å². The van der Waals surface area contributed by atoms with E-state index >= 15 is 0 Å². The van der Waals surface area contributed by atoms with Gasteiger partial charge >= 0.3 is 5.97 Å². The maximum atomic E-state index is 10.6. The number of rotatable bonds is 7. The molecule has 1 aromatic heterocycles. The van der Waals surface area contributed by atoms with Gasteiger partial charge in [-0.2, -0.15) is 0 Å². The zero-order valence-electron chi connectivity index (χ0n) is 8.73. The number of nitrogens with one attached hydrogen (secondary N) is 1. The SMILES string of the molecule is C#CCSCCNCc1cc(C(=O)O)cs1. The van der Waals surface area contributed by atoms with E-state index in [1.54, 1.807) is 23.2 Å². The van der Waals surface area contributed by atoms with Crippen LogP contribution in [-0.4, -0.2) is 29.1 Å². The summed E-state index contributed by atoms with van der Waals surface area (Å²) in [6.45, 7) is 1.60. The molecule has 86 valence electrons. The second kappa shape index (κ2) is 7.34. The number of terminal acetylenes is 1. The van der Waals surface area contributed by atoms with Gasteiger partial charge in [-0.1, -0.05) is 5.92 Å². The quantitative estimate of drug-likeness (QED) is 0.577. The van der Waals surface area contributed by atoms with Gasteiger partial charge in [-0.05, 0) is 6.07 Å². The maximum Gasteiger partial charge on any atom is 0.336 e. The van der Waals surface area contributed by atoms with E-state index in [2.05, 4.69) is 11.2 Å². The molecule has 0 saturated heterocycles. The molecule has 0 fully saturated rings. The molecule has 0 aromatic carbocycles. The number of aromatic carboxylic acids is 1. The lowest BCUT2D eigenvalue weighted by atomic mass is 10.3. The number of thiophene rings is 1. The minimum Gasteiger partial charge on any atom is -0.478 e. The van der Waals surface area contributed by atoms with Gasteiger partial charge in [-0.25, -0.2) is 4.79 Å². The molecular formula is C11H13NO2S2. The van der Waals surface area contributed by atoms with Crippen molar-refractivity contribution < 1.29 is 9.90 Å². The molecule has 0 bridgehead atoms. The average molecular weight is 255 g/mol. The number of carboxylic acids is 1. The Balaban J connectivity index is 2.17. The van der Waals surface area contributed by atoms with Crippen molar-refractivity contribution in [1.82, 2.24) is 5.32 Å². The molecule has 2 N–H and O–H groups in total. The van der Waals surface area contributed by atoms with Gasteiger partial charge in [0.25, 0.3) is 0 Å². The number of hydrogen-bond acceptors (Lipinski definition) is 4. The minimum absolute atomic E-state index is 0.364. The summed E-state index contributed by atoms with van der Waals surface area (Å²) in [7, 11) is 0. The van der Waals surface area contributed by atoms with Crippen molar-refractivity contribution >= 4 is 29.1 Å². The van der Waals surface area contributed by atoms with Gasteiger partial charge in [-0.3, -0.25) is 0 Å². The summed E-state index contributed by atoms with van der Waals surface area (Å²) in [5.41, 5.74) is 0.364. The van der Waals surface area contributed by atoms with Crippen LogP contribution in [-0.2, 0) is 6.54 Å². The number of hydrogen-bond donors (Lipinski definition) is 2. The van der Waals surface area contributed by atoms with Gasteiger partial charge in [0.1, 0.15) is 0 Å². The molecule has 0 aliphatic heterocycles. The molecule has 0 atom stereocenters. The Morgan fingerprint density at radius 2 is 2.50 bits per heavy atom. The van der Waals surface area contributed by atoms with Crippen LogP contribution >= 0.6 is 23.1 Å². The standard InChI is InChI=1S/C11H13NO2S2/c1-2-4-15-5-3-12-7-10-6-9(8-16-10)11(13)14/h1,6,8,12H,3-5,7H2,(H,13,14). The van der Waals surface area contributed by atoms with E-state index in [9.17, 15) is 4.79 Å². The van der Waals surface area contributed by atoms with Crippen molar-refractivity contribution in [2.24, 2.45) is 0 Å². The van der Waals surface area contributed by atoms with Gasteiger partial charge < -0.3 is 10.4 Å². The molecule has 0 spiro atoms. The summed E-state index contributed by atoms with van der Waals surface area (Å²) < 4.78 is 0. The molecule has 1 rings (SSSR count). The molecule has 0 aliphatic carbocycles. The second-order valence-corrected chi connectivity index (χ2v) is 5.14. The zero-order valence-corrected chi connectivity index (χ0v) is 10.4. The monoisotopic (exact) mass is 255 g/mol. The molecule has 1 aromatic rings. The van der Waals surface area contributed by atoms with E-state index in [1.807, 2.05) is 0 Å². The first-order valence-corrected chi connectivity index (χ1v) is 6.80. The summed E-state index contributed by atoms with van der Waals surface area (Å²) in [5, 5.41) is 13.6. The molecule has 3 nitrogen and oxygen atoms in total. The lowest BCUT2D eigenvalue weighted by Crippen LogP contribution is -2.15. The Labute approximate surface area is 103 Å². The highest BCUT2D eigenvalue weighted by atomic mass is 32.2. The predicted octanol–water partition coefficient (Wildman–Crippen LogP) is 1.90. The second-order valence-electron chi connectivity index (χ2n) is 3.04. The first kappa shape index (κ1) is 13.1. The van der Waals surface area contributed by atoms with E-state index in [1.165, 1.54) is 11.3 Å². The molecule has 16 heavy (non-hydrogen) atoms. The van der Waals surface area contributed by atoms with Crippen molar-refractivity contribution in [3.05, 3.63) is 21.9 Å². The maximum absolute atomic E-state index is 10.6. The minimum atomic E-state index is -0.868. The Morgan fingerprint density at radius 3 is 3.12 bits per heavy atom. The van der Waals surface area contributed by atoms with Crippen LogP contribution in [0, 0.1) is 12.3 Å². The summed E-state index contributed by atoms with van der Waals surface area (Å²) >= 11 is 3.17. The first-order chi connectivity index (χ1) is 7.74. The summed E-state index contributed by atoms with van der Waals surface area (Å²) in [6, 6.07) is 1.70. The van der Waals surface area contributed by atoms with Gasteiger partial charge in [0.2, 0.25) is 0 Å². The average Bonchev–Trinajstić information content (AvgIpc) is 2.72. The zero-order chi connectivity index (χ0) is 11.8. The first-order valence-electron chi connectivity index (χ1n) is 4.76. The van der Waals surface area contributed by atoms with E-state index < -0.39 is 5.97 Å². The van der Waals surface area contributed by atoms with Crippen LogP contribution < -0.4 is 5.32 Å². The van der Waals surface area contributed by atoms with E-state index in [0.29, 0.717) is 12.1 Å². The summed E-state index contributed by atoms with van der Waals surface area (Å²) in [4.78, 5) is 11.7. The third kappa shape index (κ3) is 4.71. The fourth-order valence-corrected chi connectivity index (χ4v) is 2.45. The third-order valence-electron chi connectivity index (χ3n) is 1.81. The van der Waals surface area contributed by atoms with Crippen molar-refractivity contribution in [1.29, 1.82) is 0 Å². The number of carbonyl (C=O) groups is 1. The van der Waals surface area contributed by atoms with E-state index in [0.717, 1.165) is 22.9 Å². The van der Waals surface area contributed by atoms with Gasteiger partial charge in [0.15, 0.2) is 0 Å².